The molecule has 0 N–H and O–H groups in total. The highest BCUT2D eigenvalue weighted by molar-refractivity contribution is 9.10. The van der Waals surface area contributed by atoms with E-state index in [1.165, 1.54) is 41.6 Å². The molecule has 0 saturated heterocycles. The second kappa shape index (κ2) is 7.14. The second-order valence-corrected chi connectivity index (χ2v) is 10.3. The molecule has 1 saturated carbocycles. The zero-order valence-electron chi connectivity index (χ0n) is 16.7. The summed E-state index contributed by atoms with van der Waals surface area (Å²) in [5, 5.41) is 0. The fourth-order valence-corrected chi connectivity index (χ4v) is 5.47. The largest absolute Gasteiger partial charge is 0.310 e. The molecule has 1 nitrogen and oxygen atoms in total. The first kappa shape index (κ1) is 19.1. The van der Waals surface area contributed by atoms with E-state index >= 15 is 0 Å². The van der Waals surface area contributed by atoms with Gasteiger partial charge in [-0.05, 0) is 109 Å². The number of fused-ring (bicyclic) bond motifs is 4. The smallest absolute Gasteiger partial charge is 0.0464 e. The molecule has 146 valence electrons. The lowest BCUT2D eigenvalue weighted by molar-refractivity contribution is 0.495. The fraction of sp³-hybridized carbons (Fsp3) is 0.231. The molecule has 0 spiro atoms. The third-order valence-corrected chi connectivity index (χ3v) is 7.66. The predicted molar refractivity (Wildman–Crippen MR) is 130 cm³/mol. The van der Waals surface area contributed by atoms with Gasteiger partial charge in [-0.1, -0.05) is 50.4 Å². The third-order valence-electron chi connectivity index (χ3n) is 6.60. The Bertz CT molecular complexity index is 1070. The van der Waals surface area contributed by atoms with E-state index < -0.39 is 0 Å². The van der Waals surface area contributed by atoms with E-state index in [1.807, 2.05) is 0 Å². The van der Waals surface area contributed by atoms with Gasteiger partial charge in [-0.15, -0.1) is 0 Å². The number of halogens is 2. The lowest BCUT2D eigenvalue weighted by Crippen LogP contribution is -2.22. The zero-order valence-corrected chi connectivity index (χ0v) is 19.8. The Morgan fingerprint density at radius 1 is 0.793 bits per heavy atom. The number of allylic oxidation sites excluding steroid dienone is 2. The van der Waals surface area contributed by atoms with Gasteiger partial charge in [0.05, 0.1) is 0 Å². The average Bonchev–Trinajstić information content (AvgIpc) is 3.09. The fourth-order valence-electron chi connectivity index (χ4n) is 4.94. The van der Waals surface area contributed by atoms with Gasteiger partial charge in [-0.25, -0.2) is 0 Å². The predicted octanol–water partition coefficient (Wildman–Crippen LogP) is 8.91. The van der Waals surface area contributed by atoms with E-state index in [-0.39, 0.29) is 5.41 Å². The van der Waals surface area contributed by atoms with Crippen molar-refractivity contribution in [2.45, 2.75) is 38.5 Å². The molecule has 1 atom stereocenters. The van der Waals surface area contributed by atoms with Crippen molar-refractivity contribution < 1.29 is 0 Å². The van der Waals surface area contributed by atoms with Crippen molar-refractivity contribution >= 4 is 54.5 Å². The Balaban J connectivity index is 1.68. The number of rotatable bonds is 3. The first-order valence-electron chi connectivity index (χ1n) is 10.1. The number of hydrogen-bond acceptors (Lipinski definition) is 1. The van der Waals surface area contributed by atoms with Crippen LogP contribution in [0.3, 0.4) is 0 Å². The van der Waals surface area contributed by atoms with Crippen LogP contribution >= 0.6 is 31.9 Å². The van der Waals surface area contributed by atoms with Crippen molar-refractivity contribution in [3.63, 3.8) is 0 Å². The van der Waals surface area contributed by atoms with E-state index in [0.29, 0.717) is 0 Å². The SMILES string of the molecule is CC1=C2CCC(C)(C2)c2cc(N(c3ccc(Br)cc3)c3ccc(Br)cc3)ccc21. The zero-order chi connectivity index (χ0) is 20.2. The van der Waals surface area contributed by atoms with E-state index in [0.717, 1.165) is 20.3 Å². The van der Waals surface area contributed by atoms with Crippen LogP contribution in [0.4, 0.5) is 17.1 Å². The number of anilines is 3. The van der Waals surface area contributed by atoms with E-state index in [1.54, 1.807) is 5.57 Å². The van der Waals surface area contributed by atoms with Crippen molar-refractivity contribution in [2.75, 3.05) is 4.90 Å². The van der Waals surface area contributed by atoms with E-state index in [4.69, 9.17) is 0 Å². The van der Waals surface area contributed by atoms with Crippen LogP contribution in [0.25, 0.3) is 5.57 Å². The molecule has 1 fully saturated rings. The monoisotopic (exact) mass is 507 g/mol. The van der Waals surface area contributed by atoms with Gasteiger partial charge >= 0.3 is 0 Å². The molecule has 5 rings (SSSR count). The maximum Gasteiger partial charge on any atom is 0.0464 e. The molecule has 3 aromatic carbocycles. The lowest BCUT2D eigenvalue weighted by atomic mass is 9.73. The van der Waals surface area contributed by atoms with Gasteiger partial charge < -0.3 is 4.90 Å². The molecule has 0 radical (unpaired) electrons. The Hall–Kier alpha value is -1.84. The van der Waals surface area contributed by atoms with Crippen molar-refractivity contribution in [3.05, 3.63) is 92.4 Å². The highest BCUT2D eigenvalue weighted by Gasteiger charge is 2.40. The molecule has 3 heteroatoms. The second-order valence-electron chi connectivity index (χ2n) is 8.48. The normalized spacial score (nSPS) is 20.0. The van der Waals surface area contributed by atoms with Gasteiger partial charge in [-0.3, -0.25) is 0 Å². The van der Waals surface area contributed by atoms with Gasteiger partial charge in [0.2, 0.25) is 0 Å². The van der Waals surface area contributed by atoms with Gasteiger partial charge in [0, 0.05) is 26.0 Å². The molecule has 0 amide bonds. The summed E-state index contributed by atoms with van der Waals surface area (Å²) in [6.45, 7) is 4.75. The summed E-state index contributed by atoms with van der Waals surface area (Å²) in [5.74, 6) is 0. The highest BCUT2D eigenvalue weighted by Crippen LogP contribution is 2.53. The van der Waals surface area contributed by atoms with Gasteiger partial charge in [0.25, 0.3) is 0 Å². The first-order valence-corrected chi connectivity index (χ1v) is 11.7. The first-order chi connectivity index (χ1) is 13.9. The molecule has 0 heterocycles. The lowest BCUT2D eigenvalue weighted by Gasteiger charge is -2.33. The Morgan fingerprint density at radius 3 is 1.93 bits per heavy atom. The summed E-state index contributed by atoms with van der Waals surface area (Å²) in [7, 11) is 0. The summed E-state index contributed by atoms with van der Waals surface area (Å²) in [5.41, 5.74) is 9.93. The standard InChI is InChI=1S/C26H23Br2N/c1-17-18-13-14-26(2,16-18)25-15-23(11-12-24(17)25)29(21-7-3-19(27)4-8-21)22-9-5-20(28)6-10-22/h3-12,15H,13-14,16H2,1-2H3. The Labute approximate surface area is 189 Å². The molecule has 1 unspecified atom stereocenters. The van der Waals surface area contributed by atoms with Gasteiger partial charge in [-0.2, -0.15) is 0 Å². The van der Waals surface area contributed by atoms with Crippen LogP contribution < -0.4 is 4.90 Å². The van der Waals surface area contributed by atoms with Crippen molar-refractivity contribution in [2.24, 2.45) is 0 Å². The van der Waals surface area contributed by atoms with Crippen LogP contribution in [-0.4, -0.2) is 0 Å². The molecule has 2 aliphatic carbocycles. The van der Waals surface area contributed by atoms with Crippen LogP contribution in [0.2, 0.25) is 0 Å². The van der Waals surface area contributed by atoms with E-state index in [2.05, 4.69) is 117 Å². The number of benzene rings is 3. The van der Waals surface area contributed by atoms with Crippen LogP contribution in [0.1, 0.15) is 44.2 Å². The van der Waals surface area contributed by atoms with Crippen LogP contribution in [0, 0.1) is 0 Å². The van der Waals surface area contributed by atoms with Crippen molar-refractivity contribution in [1.29, 1.82) is 0 Å². The highest BCUT2D eigenvalue weighted by atomic mass is 79.9. The van der Waals surface area contributed by atoms with Crippen LogP contribution in [0.15, 0.2) is 81.2 Å². The summed E-state index contributed by atoms with van der Waals surface area (Å²) < 4.78 is 2.18. The molecule has 29 heavy (non-hydrogen) atoms. The van der Waals surface area contributed by atoms with E-state index in [9.17, 15) is 0 Å². The maximum atomic E-state index is 3.57. The van der Waals surface area contributed by atoms with Crippen LogP contribution in [0.5, 0.6) is 0 Å². The average molecular weight is 509 g/mol. The van der Waals surface area contributed by atoms with Crippen LogP contribution in [-0.2, 0) is 5.41 Å². The molecular formula is C26H23Br2N. The molecule has 2 aliphatic rings. The number of hydrogen-bond donors (Lipinski definition) is 0. The van der Waals surface area contributed by atoms with Crippen molar-refractivity contribution in [1.82, 2.24) is 0 Å². The number of nitrogens with zero attached hydrogens (tertiary/aromatic N) is 1. The summed E-state index contributed by atoms with van der Waals surface area (Å²) in [4.78, 5) is 2.35. The molecular weight excluding hydrogens is 486 g/mol. The molecule has 2 bridgehead atoms. The molecule has 0 aliphatic heterocycles. The minimum atomic E-state index is 0.269. The molecule has 0 aromatic heterocycles. The van der Waals surface area contributed by atoms with Gasteiger partial charge in [0.1, 0.15) is 0 Å². The topological polar surface area (TPSA) is 3.24 Å². The third kappa shape index (κ3) is 3.29. The Morgan fingerprint density at radius 2 is 1.34 bits per heavy atom. The minimum absolute atomic E-state index is 0.269. The summed E-state index contributed by atoms with van der Waals surface area (Å²) >= 11 is 7.14. The maximum absolute atomic E-state index is 3.57. The van der Waals surface area contributed by atoms with Crippen molar-refractivity contribution in [3.8, 4) is 0 Å². The minimum Gasteiger partial charge on any atom is -0.310 e. The molecule has 3 aromatic rings. The summed E-state index contributed by atoms with van der Waals surface area (Å²) in [6.07, 6.45) is 3.72. The van der Waals surface area contributed by atoms with Gasteiger partial charge in [0.15, 0.2) is 0 Å². The quantitative estimate of drug-likeness (QED) is 0.341. The Kier molecular flexibility index (Phi) is 4.71. The summed E-state index contributed by atoms with van der Waals surface area (Å²) in [6, 6.07) is 24.2.